The molecule has 1 heterocycles. The maximum atomic E-state index is 12.0. The van der Waals surface area contributed by atoms with Crippen LogP contribution in [0, 0.1) is 11.3 Å². The molecule has 0 aliphatic heterocycles. The summed E-state index contributed by atoms with van der Waals surface area (Å²) in [7, 11) is 0. The Morgan fingerprint density at radius 2 is 1.97 bits per heavy atom. The van der Waals surface area contributed by atoms with E-state index in [0.29, 0.717) is 27.7 Å². The summed E-state index contributed by atoms with van der Waals surface area (Å²) in [5.74, 6) is -0.165. The van der Waals surface area contributed by atoms with E-state index in [9.17, 15) is 15.2 Å². The van der Waals surface area contributed by atoms with Gasteiger partial charge in [0.1, 0.15) is 17.3 Å². The van der Waals surface area contributed by atoms with Crippen LogP contribution in [0.1, 0.15) is 16.7 Å². The van der Waals surface area contributed by atoms with Crippen molar-refractivity contribution in [2.75, 3.05) is 0 Å². The molecule has 0 saturated heterocycles. The number of nitrogens with zero attached hydrogens (tertiary/aromatic N) is 3. The molecule has 3 aromatic carbocycles. The molecular weight excluding hydrogens is 552 g/mol. The number of thioether (sulfide) groups is 1. The van der Waals surface area contributed by atoms with E-state index in [2.05, 4.69) is 37.2 Å². The SMILES string of the molecule is N#Cc1ccccc1COc1ccc(Br)cc1/C=C(\Sc1n[nH]c(-c2ccc(Cl)cc2)n1)C(=O)O. The monoisotopic (exact) mass is 566 g/mol. The number of aliphatic carboxylic acids is 1. The summed E-state index contributed by atoms with van der Waals surface area (Å²) in [6, 6.07) is 21.6. The molecule has 0 spiro atoms. The lowest BCUT2D eigenvalue weighted by molar-refractivity contribution is -0.131. The number of H-pyrrole nitrogens is 1. The van der Waals surface area contributed by atoms with E-state index < -0.39 is 5.97 Å². The van der Waals surface area contributed by atoms with Crippen molar-refractivity contribution in [1.82, 2.24) is 15.2 Å². The standard InChI is InChI=1S/C25H16BrClN4O3S/c26-19-7-10-21(34-14-17-4-2-1-3-16(17)13-28)18(11-19)12-22(24(32)33)35-25-29-23(30-31-25)15-5-8-20(27)9-6-15/h1-12H,14H2,(H,32,33)(H,29,30,31)/b22-12-. The van der Waals surface area contributed by atoms with E-state index >= 15 is 0 Å². The Hall–Kier alpha value is -3.58. The summed E-state index contributed by atoms with van der Waals surface area (Å²) < 4.78 is 6.71. The number of carboxylic acids is 1. The molecule has 0 radical (unpaired) electrons. The van der Waals surface area contributed by atoms with Crippen molar-refractivity contribution in [3.05, 3.63) is 97.8 Å². The van der Waals surface area contributed by atoms with E-state index in [4.69, 9.17) is 16.3 Å². The lowest BCUT2D eigenvalue weighted by Gasteiger charge is -2.11. The van der Waals surface area contributed by atoms with Crippen LogP contribution in [0.5, 0.6) is 5.75 Å². The highest BCUT2D eigenvalue weighted by molar-refractivity contribution is 9.10. The number of aromatic nitrogens is 3. The number of benzene rings is 3. The normalized spacial score (nSPS) is 11.2. The second-order valence-electron chi connectivity index (χ2n) is 7.13. The maximum Gasteiger partial charge on any atom is 0.342 e. The van der Waals surface area contributed by atoms with Crippen LogP contribution in [-0.4, -0.2) is 26.3 Å². The van der Waals surface area contributed by atoms with Gasteiger partial charge in [-0.3, -0.25) is 5.10 Å². The third-order valence-electron chi connectivity index (χ3n) is 4.77. The van der Waals surface area contributed by atoms with E-state index in [0.717, 1.165) is 27.4 Å². The third-order valence-corrected chi connectivity index (χ3v) is 6.40. The number of carboxylic acid groups (broad SMARTS) is 1. The van der Waals surface area contributed by atoms with Crippen molar-refractivity contribution >= 4 is 51.3 Å². The molecular formula is C25H16BrClN4O3S. The fourth-order valence-corrected chi connectivity index (χ4v) is 4.28. The number of nitrogens with one attached hydrogen (secondary N) is 1. The predicted octanol–water partition coefficient (Wildman–Crippen LogP) is 6.56. The zero-order chi connectivity index (χ0) is 24.8. The number of hydrogen-bond acceptors (Lipinski definition) is 6. The molecule has 0 fully saturated rings. The molecule has 7 nitrogen and oxygen atoms in total. The Bertz CT molecular complexity index is 1450. The fourth-order valence-electron chi connectivity index (χ4n) is 3.08. The van der Waals surface area contributed by atoms with Gasteiger partial charge in [-0.15, -0.1) is 5.10 Å². The zero-order valence-corrected chi connectivity index (χ0v) is 21.1. The lowest BCUT2D eigenvalue weighted by Crippen LogP contribution is -2.01. The number of hydrogen-bond donors (Lipinski definition) is 2. The number of carbonyl (C=O) groups is 1. The molecule has 0 amide bonds. The van der Waals surface area contributed by atoms with Crippen molar-refractivity contribution in [3.8, 4) is 23.2 Å². The van der Waals surface area contributed by atoms with Gasteiger partial charge in [0.25, 0.3) is 0 Å². The molecule has 35 heavy (non-hydrogen) atoms. The summed E-state index contributed by atoms with van der Waals surface area (Å²) in [6.07, 6.45) is 1.50. The Labute approximate surface area is 218 Å². The van der Waals surface area contributed by atoms with Crippen molar-refractivity contribution in [3.63, 3.8) is 0 Å². The second kappa shape index (κ2) is 11.2. The Kier molecular flexibility index (Phi) is 7.87. The minimum Gasteiger partial charge on any atom is -0.488 e. The maximum absolute atomic E-state index is 12.0. The molecule has 174 valence electrons. The lowest BCUT2D eigenvalue weighted by atomic mass is 10.1. The molecule has 0 bridgehead atoms. The first-order valence-electron chi connectivity index (χ1n) is 10.1. The van der Waals surface area contributed by atoms with Crippen LogP contribution in [-0.2, 0) is 11.4 Å². The minimum absolute atomic E-state index is 0.00651. The van der Waals surface area contributed by atoms with Gasteiger partial charge in [-0.1, -0.05) is 45.7 Å². The van der Waals surface area contributed by atoms with Gasteiger partial charge in [0.2, 0.25) is 5.16 Å². The molecule has 0 saturated carbocycles. The molecule has 0 atom stereocenters. The number of aromatic amines is 1. The number of nitriles is 1. The van der Waals surface area contributed by atoms with Gasteiger partial charge in [0, 0.05) is 26.2 Å². The van der Waals surface area contributed by atoms with Crippen molar-refractivity contribution in [2.45, 2.75) is 11.8 Å². The highest BCUT2D eigenvalue weighted by Gasteiger charge is 2.16. The molecule has 2 N–H and O–H groups in total. The quantitative estimate of drug-likeness (QED) is 0.183. The first-order valence-corrected chi connectivity index (χ1v) is 12.1. The smallest absolute Gasteiger partial charge is 0.342 e. The van der Waals surface area contributed by atoms with Gasteiger partial charge in [-0.25, -0.2) is 9.78 Å². The van der Waals surface area contributed by atoms with Crippen LogP contribution in [0.15, 0.2) is 81.3 Å². The summed E-state index contributed by atoms with van der Waals surface area (Å²) >= 11 is 10.3. The summed E-state index contributed by atoms with van der Waals surface area (Å²) in [5, 5.41) is 26.9. The minimum atomic E-state index is -1.13. The largest absolute Gasteiger partial charge is 0.488 e. The van der Waals surface area contributed by atoms with E-state index in [-0.39, 0.29) is 16.7 Å². The van der Waals surface area contributed by atoms with Gasteiger partial charge >= 0.3 is 5.97 Å². The first-order chi connectivity index (χ1) is 16.9. The van der Waals surface area contributed by atoms with Crippen LogP contribution in [0.2, 0.25) is 5.02 Å². The second-order valence-corrected chi connectivity index (χ2v) is 9.49. The summed E-state index contributed by atoms with van der Waals surface area (Å²) in [5.41, 5.74) is 2.57. The van der Waals surface area contributed by atoms with Gasteiger partial charge in [0.05, 0.1) is 11.6 Å². The van der Waals surface area contributed by atoms with Crippen LogP contribution in [0.4, 0.5) is 0 Å². The van der Waals surface area contributed by atoms with Crippen LogP contribution in [0.25, 0.3) is 17.5 Å². The molecule has 10 heteroatoms. The Morgan fingerprint density at radius 1 is 1.20 bits per heavy atom. The van der Waals surface area contributed by atoms with E-state index in [1.165, 1.54) is 6.08 Å². The first kappa shape index (κ1) is 24.5. The number of halogens is 2. The number of rotatable bonds is 8. The topological polar surface area (TPSA) is 112 Å². The third kappa shape index (κ3) is 6.31. The van der Waals surface area contributed by atoms with Gasteiger partial charge in [-0.2, -0.15) is 5.26 Å². The van der Waals surface area contributed by atoms with Crippen LogP contribution in [0.3, 0.4) is 0 Å². The Balaban J connectivity index is 1.59. The van der Waals surface area contributed by atoms with Crippen LogP contribution < -0.4 is 4.74 Å². The van der Waals surface area contributed by atoms with Gasteiger partial charge < -0.3 is 9.84 Å². The average Bonchev–Trinajstić information content (AvgIpc) is 3.32. The fraction of sp³-hybridized carbons (Fsp3) is 0.0400. The molecule has 1 aromatic heterocycles. The number of ether oxygens (including phenoxy) is 1. The van der Waals surface area contributed by atoms with E-state index in [1.807, 2.05) is 12.1 Å². The van der Waals surface area contributed by atoms with Crippen LogP contribution >= 0.6 is 39.3 Å². The Morgan fingerprint density at radius 3 is 2.71 bits per heavy atom. The van der Waals surface area contributed by atoms with Gasteiger partial charge in [-0.05, 0) is 66.4 Å². The molecule has 0 unspecified atom stereocenters. The molecule has 0 aliphatic carbocycles. The summed E-state index contributed by atoms with van der Waals surface area (Å²) in [6.45, 7) is 0.160. The van der Waals surface area contributed by atoms with Crippen molar-refractivity contribution in [2.24, 2.45) is 0 Å². The summed E-state index contributed by atoms with van der Waals surface area (Å²) in [4.78, 5) is 16.4. The highest BCUT2D eigenvalue weighted by atomic mass is 79.9. The average molecular weight is 568 g/mol. The molecule has 4 rings (SSSR count). The van der Waals surface area contributed by atoms with Gasteiger partial charge in [0.15, 0.2) is 5.82 Å². The molecule has 0 aliphatic rings. The van der Waals surface area contributed by atoms with Crippen molar-refractivity contribution in [1.29, 1.82) is 5.26 Å². The highest BCUT2D eigenvalue weighted by Crippen LogP contribution is 2.32. The zero-order valence-electron chi connectivity index (χ0n) is 17.9. The van der Waals surface area contributed by atoms with Crippen molar-refractivity contribution < 1.29 is 14.6 Å². The predicted molar refractivity (Wildman–Crippen MR) is 138 cm³/mol. The molecule has 4 aromatic rings. The van der Waals surface area contributed by atoms with E-state index in [1.54, 1.807) is 54.6 Å².